The highest BCUT2D eigenvalue weighted by atomic mass is 32.1. The Morgan fingerprint density at radius 2 is 0.974 bits per heavy atom. The molecule has 0 atom stereocenters. The second kappa shape index (κ2) is 7.76. The third kappa shape index (κ3) is 2.98. The van der Waals surface area contributed by atoms with Crippen molar-refractivity contribution in [3.63, 3.8) is 0 Å². The molecular formula is C33H20N4S2. The van der Waals surface area contributed by atoms with Crippen LogP contribution >= 0.6 is 22.7 Å². The van der Waals surface area contributed by atoms with Crippen molar-refractivity contribution in [1.29, 1.82) is 0 Å². The monoisotopic (exact) mass is 536 g/mol. The van der Waals surface area contributed by atoms with Gasteiger partial charge < -0.3 is 0 Å². The standard InChI is InChI=1S/C33H20N4S2/c1-19-16-20(22-8-6-14-28-30(22)38-32-34-24-10-2-4-12-26(24)36(28)32)18-21(17-19)23-9-7-15-29-31(23)39-33-35-25-11-3-5-13-27(25)37(29)33/h2-18H,1H3. The minimum Gasteiger partial charge on any atom is -0.283 e. The second-order valence-corrected chi connectivity index (χ2v) is 12.0. The summed E-state index contributed by atoms with van der Waals surface area (Å²) < 4.78 is 7.12. The van der Waals surface area contributed by atoms with Crippen molar-refractivity contribution in [2.24, 2.45) is 0 Å². The van der Waals surface area contributed by atoms with E-state index in [1.54, 1.807) is 22.7 Å². The fraction of sp³-hybridized carbons (Fsp3) is 0.0303. The Morgan fingerprint density at radius 1 is 0.513 bits per heavy atom. The Bertz CT molecular complexity index is 2250. The summed E-state index contributed by atoms with van der Waals surface area (Å²) in [6, 6.07) is 36.9. The van der Waals surface area contributed by atoms with Gasteiger partial charge in [-0.1, -0.05) is 83.3 Å². The van der Waals surface area contributed by atoms with Crippen LogP contribution in [0.5, 0.6) is 0 Å². The molecule has 9 rings (SSSR count). The highest BCUT2D eigenvalue weighted by molar-refractivity contribution is 7.24. The topological polar surface area (TPSA) is 34.6 Å². The number of fused-ring (bicyclic) bond motifs is 10. The normalized spacial score (nSPS) is 12.2. The van der Waals surface area contributed by atoms with E-state index in [1.165, 1.54) is 48.3 Å². The van der Waals surface area contributed by atoms with Gasteiger partial charge in [-0.15, -0.1) is 0 Å². The smallest absolute Gasteiger partial charge is 0.195 e. The Hall–Kier alpha value is -4.52. The summed E-state index contributed by atoms with van der Waals surface area (Å²) in [5.41, 5.74) is 13.0. The summed E-state index contributed by atoms with van der Waals surface area (Å²) in [7, 11) is 0. The molecule has 4 aromatic heterocycles. The van der Waals surface area contributed by atoms with Crippen molar-refractivity contribution in [2.45, 2.75) is 6.92 Å². The van der Waals surface area contributed by atoms with Gasteiger partial charge >= 0.3 is 0 Å². The molecule has 0 unspecified atom stereocenters. The fourth-order valence-electron chi connectivity index (χ4n) is 5.96. The number of benzene rings is 5. The highest BCUT2D eigenvalue weighted by Gasteiger charge is 2.17. The van der Waals surface area contributed by atoms with E-state index >= 15 is 0 Å². The van der Waals surface area contributed by atoms with Crippen molar-refractivity contribution in [3.05, 3.63) is 109 Å². The molecule has 0 aliphatic rings. The summed E-state index contributed by atoms with van der Waals surface area (Å²) in [6.07, 6.45) is 0. The van der Waals surface area contributed by atoms with E-state index in [9.17, 15) is 0 Å². The SMILES string of the molecule is Cc1cc(-c2cccc3c2sc2nc4ccccc4n23)cc(-c2cccc3c2sc2nc4ccccc4n23)c1. The Balaban J connectivity index is 1.27. The van der Waals surface area contributed by atoms with Crippen LogP contribution in [0.3, 0.4) is 0 Å². The number of hydrogen-bond acceptors (Lipinski definition) is 4. The highest BCUT2D eigenvalue weighted by Crippen LogP contribution is 2.41. The molecule has 0 N–H and O–H groups in total. The first-order valence-electron chi connectivity index (χ1n) is 12.9. The molecule has 0 aliphatic heterocycles. The van der Waals surface area contributed by atoms with Crippen molar-refractivity contribution in [2.75, 3.05) is 0 Å². The molecule has 0 bridgehead atoms. The lowest BCUT2D eigenvalue weighted by Gasteiger charge is -2.10. The van der Waals surface area contributed by atoms with Crippen LogP contribution < -0.4 is 0 Å². The molecular weight excluding hydrogens is 517 g/mol. The zero-order valence-electron chi connectivity index (χ0n) is 20.9. The summed E-state index contributed by atoms with van der Waals surface area (Å²) in [6.45, 7) is 2.19. The van der Waals surface area contributed by atoms with Crippen molar-refractivity contribution in [3.8, 4) is 22.3 Å². The van der Waals surface area contributed by atoms with Gasteiger partial charge in [-0.05, 0) is 66.1 Å². The molecule has 6 heteroatoms. The van der Waals surface area contributed by atoms with Gasteiger partial charge in [-0.3, -0.25) is 8.80 Å². The van der Waals surface area contributed by atoms with Crippen molar-refractivity contribution < 1.29 is 0 Å². The molecule has 0 fully saturated rings. The maximum atomic E-state index is 4.92. The van der Waals surface area contributed by atoms with Gasteiger partial charge in [0.25, 0.3) is 0 Å². The zero-order valence-corrected chi connectivity index (χ0v) is 22.6. The lowest BCUT2D eigenvalue weighted by Crippen LogP contribution is -1.87. The molecule has 0 radical (unpaired) electrons. The third-order valence-corrected chi connectivity index (χ3v) is 9.80. The predicted octanol–water partition coefficient (Wildman–Crippen LogP) is 9.36. The first-order chi connectivity index (χ1) is 19.2. The number of aromatic nitrogens is 4. The lowest BCUT2D eigenvalue weighted by molar-refractivity contribution is 1.34. The molecule has 9 aromatic rings. The summed E-state index contributed by atoms with van der Waals surface area (Å²) in [4.78, 5) is 11.9. The van der Waals surface area contributed by atoms with Gasteiger partial charge in [0.2, 0.25) is 0 Å². The molecule has 0 aliphatic carbocycles. The average Bonchev–Trinajstić information content (AvgIpc) is 3.69. The number of imidazole rings is 2. The van der Waals surface area contributed by atoms with Gasteiger partial charge in [0, 0.05) is 11.1 Å². The first-order valence-corrected chi connectivity index (χ1v) is 14.6. The zero-order chi connectivity index (χ0) is 25.7. The number of aryl methyl sites for hydroxylation is 1. The van der Waals surface area contributed by atoms with Gasteiger partial charge in [-0.2, -0.15) is 0 Å². The van der Waals surface area contributed by atoms with Crippen LogP contribution in [-0.4, -0.2) is 18.8 Å². The average molecular weight is 537 g/mol. The molecule has 0 amide bonds. The fourth-order valence-corrected chi connectivity index (χ4v) is 8.31. The number of nitrogens with zero attached hydrogens (tertiary/aromatic N) is 4. The molecule has 184 valence electrons. The van der Waals surface area contributed by atoms with Crippen molar-refractivity contribution >= 4 is 75.1 Å². The first kappa shape index (κ1) is 21.4. The van der Waals surface area contributed by atoms with Gasteiger partial charge in [0.15, 0.2) is 9.92 Å². The third-order valence-electron chi connectivity index (χ3n) is 7.62. The minimum atomic E-state index is 1.03. The van der Waals surface area contributed by atoms with Crippen LogP contribution in [0.15, 0.2) is 103 Å². The maximum absolute atomic E-state index is 4.92. The molecule has 5 aromatic carbocycles. The second-order valence-electron chi connectivity index (χ2n) is 10.0. The molecule has 0 saturated carbocycles. The minimum absolute atomic E-state index is 1.03. The number of rotatable bonds is 2. The largest absolute Gasteiger partial charge is 0.283 e. The van der Waals surface area contributed by atoms with Crippen LogP contribution in [0.25, 0.3) is 74.7 Å². The summed E-state index contributed by atoms with van der Waals surface area (Å²) >= 11 is 3.53. The van der Waals surface area contributed by atoms with Crippen LogP contribution in [0.2, 0.25) is 0 Å². The summed E-state index contributed by atoms with van der Waals surface area (Å²) in [5.74, 6) is 0. The van der Waals surface area contributed by atoms with E-state index in [0.29, 0.717) is 0 Å². The number of para-hydroxylation sites is 4. The molecule has 4 heterocycles. The van der Waals surface area contributed by atoms with Gasteiger partial charge in [0.1, 0.15) is 0 Å². The lowest BCUT2D eigenvalue weighted by atomic mass is 9.96. The predicted molar refractivity (Wildman–Crippen MR) is 165 cm³/mol. The quantitative estimate of drug-likeness (QED) is 0.221. The van der Waals surface area contributed by atoms with Gasteiger partial charge in [-0.25, -0.2) is 9.97 Å². The molecule has 0 spiro atoms. The van der Waals surface area contributed by atoms with Crippen LogP contribution in [-0.2, 0) is 0 Å². The number of hydrogen-bond donors (Lipinski definition) is 0. The van der Waals surface area contributed by atoms with E-state index in [0.717, 1.165) is 32.0 Å². The number of thiazole rings is 2. The Morgan fingerprint density at radius 3 is 1.49 bits per heavy atom. The summed E-state index contributed by atoms with van der Waals surface area (Å²) in [5, 5.41) is 0. The molecule has 4 nitrogen and oxygen atoms in total. The van der Waals surface area contributed by atoms with Crippen molar-refractivity contribution in [1.82, 2.24) is 18.8 Å². The van der Waals surface area contributed by atoms with E-state index in [2.05, 4.69) is 119 Å². The van der Waals surface area contributed by atoms with E-state index < -0.39 is 0 Å². The van der Waals surface area contributed by atoms with E-state index in [4.69, 9.17) is 9.97 Å². The van der Waals surface area contributed by atoms with Crippen LogP contribution in [0.1, 0.15) is 5.56 Å². The molecule has 39 heavy (non-hydrogen) atoms. The maximum Gasteiger partial charge on any atom is 0.195 e. The van der Waals surface area contributed by atoms with Gasteiger partial charge in [0.05, 0.1) is 42.5 Å². The Kier molecular flexibility index (Phi) is 4.26. The van der Waals surface area contributed by atoms with E-state index in [1.807, 2.05) is 0 Å². The van der Waals surface area contributed by atoms with Crippen LogP contribution in [0, 0.1) is 6.92 Å². The van der Waals surface area contributed by atoms with E-state index in [-0.39, 0.29) is 0 Å². The van der Waals surface area contributed by atoms with Crippen LogP contribution in [0.4, 0.5) is 0 Å². The Labute approximate surface area is 231 Å². The molecule has 0 saturated heterocycles.